The Hall–Kier alpha value is -3.66. The topological polar surface area (TPSA) is 80.2 Å². The number of aliphatic imine (C=N–C) groups is 1. The maximum atomic E-state index is 13.7. The van der Waals surface area contributed by atoms with E-state index in [1.165, 1.54) is 23.8 Å². The van der Waals surface area contributed by atoms with Gasteiger partial charge in [-0.05, 0) is 109 Å². The van der Waals surface area contributed by atoms with Crippen LogP contribution in [0.4, 0.5) is 17.1 Å². The number of nitrogens with one attached hydrogen (secondary N) is 1. The molecule has 7 nitrogen and oxygen atoms in total. The Morgan fingerprint density at radius 3 is 2.27 bits per heavy atom. The first-order valence-electron chi connectivity index (χ1n) is 13.0. The van der Waals surface area contributed by atoms with E-state index in [0.29, 0.717) is 47.8 Å². The number of hydrogen-bond acceptors (Lipinski definition) is 6. The number of anilines is 2. The number of halogens is 4. The average molecular weight is 687 g/mol. The zero-order chi connectivity index (χ0) is 31.4. The van der Waals surface area contributed by atoms with Gasteiger partial charge >= 0.3 is 0 Å². The Labute approximate surface area is 278 Å². The molecule has 0 radical (unpaired) electrons. The molecule has 0 atom stereocenters. The van der Waals surface area contributed by atoms with Gasteiger partial charge in [0.05, 0.1) is 28.4 Å². The van der Waals surface area contributed by atoms with E-state index in [1.807, 2.05) is 6.92 Å². The van der Waals surface area contributed by atoms with Crippen LogP contribution in [0.2, 0.25) is 20.1 Å². The van der Waals surface area contributed by atoms with Crippen molar-refractivity contribution in [2.24, 2.45) is 4.99 Å². The summed E-state index contributed by atoms with van der Waals surface area (Å²) in [5, 5.41) is 5.04. The van der Waals surface area contributed by atoms with Crippen molar-refractivity contribution in [1.29, 1.82) is 0 Å². The van der Waals surface area contributed by atoms with E-state index in [-0.39, 0.29) is 29.0 Å². The van der Waals surface area contributed by atoms with Gasteiger partial charge in [0.1, 0.15) is 0 Å². The van der Waals surface area contributed by atoms with E-state index in [0.717, 1.165) is 5.56 Å². The second-order valence-corrected chi connectivity index (χ2v) is 12.1. The summed E-state index contributed by atoms with van der Waals surface area (Å²) >= 11 is 26.1. The van der Waals surface area contributed by atoms with Crippen LogP contribution in [-0.2, 0) is 9.59 Å². The summed E-state index contributed by atoms with van der Waals surface area (Å²) < 4.78 is 11.2. The lowest BCUT2D eigenvalue weighted by molar-refractivity contribution is -0.118. The Morgan fingerprint density at radius 1 is 0.932 bits per heavy atom. The molecule has 4 aromatic rings. The molecule has 1 N–H and O–H groups in total. The van der Waals surface area contributed by atoms with Gasteiger partial charge in [-0.25, -0.2) is 4.99 Å². The Morgan fingerprint density at radius 2 is 1.61 bits per heavy atom. The molecule has 1 saturated heterocycles. The first-order chi connectivity index (χ1) is 21.1. The smallest absolute Gasteiger partial charge is 0.271 e. The van der Waals surface area contributed by atoms with Gasteiger partial charge in [0.15, 0.2) is 23.3 Å². The number of rotatable bonds is 8. The summed E-state index contributed by atoms with van der Waals surface area (Å²) in [5.74, 6) is -0.215. The second kappa shape index (κ2) is 14.0. The van der Waals surface area contributed by atoms with E-state index in [4.69, 9.17) is 60.9 Å². The number of aryl methyl sites for hydroxylation is 1. The van der Waals surface area contributed by atoms with Crippen molar-refractivity contribution < 1.29 is 19.1 Å². The normalized spacial score (nSPS) is 14.8. The van der Waals surface area contributed by atoms with Crippen LogP contribution in [0.1, 0.15) is 11.1 Å². The van der Waals surface area contributed by atoms with Crippen LogP contribution in [-0.4, -0.2) is 30.7 Å². The van der Waals surface area contributed by atoms with E-state index in [1.54, 1.807) is 84.9 Å². The molecular formula is C32H23Cl4N3O4S. The molecule has 2 amide bonds. The molecule has 1 fully saturated rings. The molecule has 1 heterocycles. The third-order valence-electron chi connectivity index (χ3n) is 6.30. The van der Waals surface area contributed by atoms with Crippen molar-refractivity contribution in [2.75, 3.05) is 23.9 Å². The van der Waals surface area contributed by atoms with E-state index in [9.17, 15) is 9.59 Å². The molecule has 1 aliphatic rings. The van der Waals surface area contributed by atoms with Crippen LogP contribution in [0, 0.1) is 6.92 Å². The molecule has 0 aromatic heterocycles. The predicted molar refractivity (Wildman–Crippen MR) is 181 cm³/mol. The standard InChI is InChI=1S/C32H23Cl4N3O4S/c1-18-3-8-23(16-25(18)35)37-29(40)17-43-30-26(36)13-19(14-27(30)42-2)15-28-31(41)39(24-11-6-21(34)7-12-24)32(44-28)38-22-9-4-20(33)5-10-22/h3-16H,17H2,1-2H3,(H,37,40)/b28-15-,38-32?. The first-order valence-corrected chi connectivity index (χ1v) is 15.3. The molecule has 1 aliphatic heterocycles. The van der Waals surface area contributed by atoms with Crippen molar-refractivity contribution in [1.82, 2.24) is 0 Å². The number of amidine groups is 1. The fourth-order valence-electron chi connectivity index (χ4n) is 4.11. The average Bonchev–Trinajstić information content (AvgIpc) is 3.29. The van der Waals surface area contributed by atoms with Crippen LogP contribution in [0.25, 0.3) is 6.08 Å². The minimum atomic E-state index is -0.406. The Balaban J connectivity index is 1.39. The number of thioether (sulfide) groups is 1. The number of methoxy groups -OCH3 is 1. The fourth-order valence-corrected chi connectivity index (χ4v) is 5.82. The van der Waals surface area contributed by atoms with Crippen molar-refractivity contribution in [3.63, 3.8) is 0 Å². The minimum absolute atomic E-state index is 0.187. The zero-order valence-corrected chi connectivity index (χ0v) is 27.1. The van der Waals surface area contributed by atoms with E-state index < -0.39 is 5.91 Å². The van der Waals surface area contributed by atoms with Crippen molar-refractivity contribution in [3.05, 3.63) is 115 Å². The molecule has 0 saturated carbocycles. The number of hydrogen-bond donors (Lipinski definition) is 1. The van der Waals surface area contributed by atoms with Gasteiger partial charge in [0.25, 0.3) is 11.8 Å². The summed E-state index contributed by atoms with van der Waals surface area (Å²) in [6, 6.07) is 22.4. The van der Waals surface area contributed by atoms with Gasteiger partial charge < -0.3 is 14.8 Å². The van der Waals surface area contributed by atoms with E-state index in [2.05, 4.69) is 5.32 Å². The third-order valence-corrected chi connectivity index (χ3v) is 8.46. The molecule has 44 heavy (non-hydrogen) atoms. The number of nitrogens with zero attached hydrogens (tertiary/aromatic N) is 2. The highest BCUT2D eigenvalue weighted by Crippen LogP contribution is 2.41. The summed E-state index contributed by atoms with van der Waals surface area (Å²) in [6.45, 7) is 1.55. The monoisotopic (exact) mass is 685 g/mol. The highest BCUT2D eigenvalue weighted by atomic mass is 35.5. The maximum absolute atomic E-state index is 13.7. The Kier molecular flexibility index (Phi) is 10.1. The van der Waals surface area contributed by atoms with Crippen molar-refractivity contribution in [2.45, 2.75) is 6.92 Å². The van der Waals surface area contributed by atoms with Gasteiger partial charge in [-0.1, -0.05) is 52.5 Å². The number of amides is 2. The van der Waals surface area contributed by atoms with Crippen LogP contribution in [0.15, 0.2) is 88.8 Å². The van der Waals surface area contributed by atoms with Crippen molar-refractivity contribution in [3.8, 4) is 11.5 Å². The van der Waals surface area contributed by atoms with Gasteiger partial charge in [-0.2, -0.15) is 0 Å². The summed E-state index contributed by atoms with van der Waals surface area (Å²) in [5.41, 5.74) is 3.25. The van der Waals surface area contributed by atoms with Crippen molar-refractivity contribution >= 4 is 98.3 Å². The lowest BCUT2D eigenvalue weighted by Crippen LogP contribution is -2.28. The molecule has 0 bridgehead atoms. The molecular weight excluding hydrogens is 664 g/mol. The Bertz CT molecular complexity index is 1790. The summed E-state index contributed by atoms with van der Waals surface area (Å²) in [6.07, 6.45) is 1.69. The molecule has 12 heteroatoms. The molecule has 224 valence electrons. The van der Waals surface area contributed by atoms with E-state index >= 15 is 0 Å². The molecule has 4 aromatic carbocycles. The largest absolute Gasteiger partial charge is 0.493 e. The van der Waals surface area contributed by atoms with Gasteiger partial charge in [0.2, 0.25) is 0 Å². The third kappa shape index (κ3) is 7.52. The number of ether oxygens (including phenoxy) is 2. The maximum Gasteiger partial charge on any atom is 0.271 e. The van der Waals surface area contributed by atoms with Gasteiger partial charge in [-0.15, -0.1) is 0 Å². The second-order valence-electron chi connectivity index (χ2n) is 9.43. The lowest BCUT2D eigenvalue weighted by Gasteiger charge is -2.15. The number of benzene rings is 4. The van der Waals surface area contributed by atoms with Gasteiger partial charge in [0, 0.05) is 20.8 Å². The van der Waals surface area contributed by atoms with Crippen LogP contribution in [0.3, 0.4) is 0 Å². The number of carbonyl (C=O) groups is 2. The highest BCUT2D eigenvalue weighted by molar-refractivity contribution is 8.19. The molecule has 5 rings (SSSR count). The summed E-state index contributed by atoms with van der Waals surface area (Å²) in [4.78, 5) is 32.8. The lowest BCUT2D eigenvalue weighted by atomic mass is 10.1. The van der Waals surface area contributed by atoms with Gasteiger partial charge in [-0.3, -0.25) is 14.5 Å². The first kappa shape index (κ1) is 31.8. The quantitative estimate of drug-likeness (QED) is 0.187. The fraction of sp³-hybridized carbons (Fsp3) is 0.0938. The predicted octanol–water partition coefficient (Wildman–Crippen LogP) is 9.44. The molecule has 0 spiro atoms. The minimum Gasteiger partial charge on any atom is -0.493 e. The number of carbonyl (C=O) groups excluding carboxylic acids is 2. The zero-order valence-electron chi connectivity index (χ0n) is 23.2. The highest BCUT2D eigenvalue weighted by Gasteiger charge is 2.35. The van der Waals surface area contributed by atoms with Crippen LogP contribution in [0.5, 0.6) is 11.5 Å². The molecule has 0 aliphatic carbocycles. The van der Waals surface area contributed by atoms with Crippen LogP contribution < -0.4 is 19.7 Å². The SMILES string of the molecule is COc1cc(/C=C2\SC(=Nc3ccc(Cl)cc3)N(c3ccc(Cl)cc3)C2=O)cc(Cl)c1OCC(=O)Nc1ccc(C)c(Cl)c1. The molecule has 0 unspecified atom stereocenters. The summed E-state index contributed by atoms with van der Waals surface area (Å²) in [7, 11) is 1.46. The van der Waals surface area contributed by atoms with Crippen LogP contribution >= 0.6 is 58.2 Å².